The molecule has 1 atom stereocenters. The van der Waals surface area contributed by atoms with Gasteiger partial charge >= 0.3 is 0 Å². The largest absolute Gasteiger partial charge is 0.341 e. The van der Waals surface area contributed by atoms with Gasteiger partial charge in [0.1, 0.15) is 0 Å². The van der Waals surface area contributed by atoms with Gasteiger partial charge in [0.25, 0.3) is 0 Å². The molecule has 2 amide bonds. The van der Waals surface area contributed by atoms with E-state index >= 15 is 0 Å². The third-order valence-electron chi connectivity index (χ3n) is 7.38. The van der Waals surface area contributed by atoms with Crippen molar-refractivity contribution in [2.45, 2.75) is 64.8 Å². The van der Waals surface area contributed by atoms with E-state index in [0.717, 1.165) is 44.8 Å². The Morgan fingerprint density at radius 1 is 1.14 bits per heavy atom. The first-order valence-corrected chi connectivity index (χ1v) is 11.7. The predicted molar refractivity (Wildman–Crippen MR) is 117 cm³/mol. The average Bonchev–Trinajstić information content (AvgIpc) is 2.67. The van der Waals surface area contributed by atoms with E-state index in [4.69, 9.17) is 0 Å². The highest BCUT2D eigenvalue weighted by molar-refractivity contribution is 5.88. The summed E-state index contributed by atoms with van der Waals surface area (Å²) >= 11 is 0. The van der Waals surface area contributed by atoms with Crippen molar-refractivity contribution in [2.75, 3.05) is 53.4 Å². The van der Waals surface area contributed by atoms with E-state index in [0.29, 0.717) is 17.9 Å². The molecule has 1 saturated carbocycles. The molecule has 3 fully saturated rings. The van der Waals surface area contributed by atoms with Crippen LogP contribution in [0.2, 0.25) is 0 Å². The Labute approximate surface area is 177 Å². The molecule has 3 aliphatic rings. The first kappa shape index (κ1) is 22.5. The fraction of sp³-hybridized carbons (Fsp3) is 0.913. The highest BCUT2D eigenvalue weighted by atomic mass is 16.2. The van der Waals surface area contributed by atoms with E-state index in [9.17, 15) is 9.59 Å². The van der Waals surface area contributed by atoms with Gasteiger partial charge in [-0.3, -0.25) is 9.59 Å². The lowest BCUT2D eigenvalue weighted by Gasteiger charge is -2.46. The Morgan fingerprint density at radius 3 is 2.38 bits per heavy atom. The smallest absolute Gasteiger partial charge is 0.242 e. The van der Waals surface area contributed by atoms with Crippen molar-refractivity contribution in [1.82, 2.24) is 20.0 Å². The molecule has 6 nitrogen and oxygen atoms in total. The normalized spacial score (nSPS) is 26.0. The third-order valence-corrected chi connectivity index (χ3v) is 7.38. The maximum absolute atomic E-state index is 12.9. The minimum Gasteiger partial charge on any atom is -0.341 e. The molecule has 1 N–H and O–H groups in total. The van der Waals surface area contributed by atoms with Crippen molar-refractivity contribution in [3.05, 3.63) is 0 Å². The molecular weight excluding hydrogens is 364 g/mol. The molecule has 6 heteroatoms. The van der Waals surface area contributed by atoms with Crippen LogP contribution in [0.15, 0.2) is 0 Å². The van der Waals surface area contributed by atoms with Gasteiger partial charge < -0.3 is 20.0 Å². The zero-order valence-electron chi connectivity index (χ0n) is 19.1. The van der Waals surface area contributed by atoms with Gasteiger partial charge in [0.2, 0.25) is 11.8 Å². The predicted octanol–water partition coefficient (Wildman–Crippen LogP) is 2.19. The number of hydrogen-bond acceptors (Lipinski definition) is 4. The van der Waals surface area contributed by atoms with E-state index in [-0.39, 0.29) is 24.4 Å². The number of amides is 2. The maximum atomic E-state index is 12.9. The Balaban J connectivity index is 1.45. The van der Waals surface area contributed by atoms with Crippen LogP contribution in [0.5, 0.6) is 0 Å². The molecule has 2 heterocycles. The monoisotopic (exact) mass is 406 g/mol. The van der Waals surface area contributed by atoms with Gasteiger partial charge in [0.15, 0.2) is 0 Å². The van der Waals surface area contributed by atoms with E-state index in [1.165, 1.54) is 32.2 Å². The summed E-state index contributed by atoms with van der Waals surface area (Å²) in [6.07, 6.45) is 8.42. The molecule has 1 unspecified atom stereocenters. The number of rotatable bonds is 6. The van der Waals surface area contributed by atoms with Crippen LogP contribution in [0.3, 0.4) is 0 Å². The van der Waals surface area contributed by atoms with Crippen molar-refractivity contribution >= 4 is 11.8 Å². The summed E-state index contributed by atoms with van der Waals surface area (Å²) in [6, 6.07) is -0.126. The first-order chi connectivity index (χ1) is 13.8. The molecule has 166 valence electrons. The Bertz CT molecular complexity index is 559. The van der Waals surface area contributed by atoms with Crippen molar-refractivity contribution in [3.63, 3.8) is 0 Å². The quantitative estimate of drug-likeness (QED) is 0.735. The van der Waals surface area contributed by atoms with Crippen molar-refractivity contribution in [1.29, 1.82) is 0 Å². The van der Waals surface area contributed by atoms with Crippen LogP contribution in [0.4, 0.5) is 0 Å². The Morgan fingerprint density at radius 2 is 1.79 bits per heavy atom. The highest BCUT2D eigenvalue weighted by Gasteiger charge is 2.39. The average molecular weight is 407 g/mol. The lowest BCUT2D eigenvalue weighted by atomic mass is 9.65. The summed E-state index contributed by atoms with van der Waals surface area (Å²) in [6.45, 7) is 8.90. The minimum absolute atomic E-state index is 0.103. The summed E-state index contributed by atoms with van der Waals surface area (Å²) in [5.41, 5.74) is 0.465. The van der Waals surface area contributed by atoms with Crippen molar-refractivity contribution < 1.29 is 9.59 Å². The van der Waals surface area contributed by atoms with Gasteiger partial charge in [-0.05, 0) is 76.3 Å². The number of piperazine rings is 1. The summed E-state index contributed by atoms with van der Waals surface area (Å²) in [5.74, 6) is 1.55. The maximum Gasteiger partial charge on any atom is 0.242 e. The second-order valence-electron chi connectivity index (χ2n) is 10.5. The zero-order chi connectivity index (χ0) is 21.0. The van der Waals surface area contributed by atoms with Crippen LogP contribution in [0, 0.1) is 17.3 Å². The number of nitrogens with zero attached hydrogens (tertiary/aromatic N) is 3. The number of carbonyl (C=O) groups is 2. The standard InChI is InChI=1S/C23H42N4O2/c1-18(2)15-20-22(29)27(14-11-24-20)17-21(28)26-12-9-23(10-13-26)7-5-19(6-8-23)16-25(3)4/h18-20,24H,5-17H2,1-4H3. The lowest BCUT2D eigenvalue weighted by Crippen LogP contribution is -2.58. The summed E-state index contributed by atoms with van der Waals surface area (Å²) in [4.78, 5) is 31.7. The molecule has 2 saturated heterocycles. The van der Waals surface area contributed by atoms with Gasteiger partial charge in [0.05, 0.1) is 12.6 Å². The molecule has 1 spiro atoms. The Kier molecular flexibility index (Phi) is 7.60. The van der Waals surface area contributed by atoms with Crippen LogP contribution in [-0.2, 0) is 9.59 Å². The molecule has 2 aliphatic heterocycles. The van der Waals surface area contributed by atoms with Gasteiger partial charge in [-0.15, -0.1) is 0 Å². The van der Waals surface area contributed by atoms with E-state index in [1.54, 1.807) is 4.90 Å². The van der Waals surface area contributed by atoms with E-state index in [2.05, 4.69) is 38.2 Å². The number of hydrogen-bond donors (Lipinski definition) is 1. The minimum atomic E-state index is -0.126. The van der Waals surface area contributed by atoms with Crippen molar-refractivity contribution in [2.24, 2.45) is 17.3 Å². The van der Waals surface area contributed by atoms with Crippen LogP contribution >= 0.6 is 0 Å². The van der Waals surface area contributed by atoms with Crippen LogP contribution < -0.4 is 5.32 Å². The van der Waals surface area contributed by atoms with E-state index < -0.39 is 0 Å². The van der Waals surface area contributed by atoms with Gasteiger partial charge in [-0.2, -0.15) is 0 Å². The molecule has 0 aromatic heterocycles. The molecule has 0 aromatic carbocycles. The van der Waals surface area contributed by atoms with Crippen molar-refractivity contribution in [3.8, 4) is 0 Å². The van der Waals surface area contributed by atoms with Gasteiger partial charge in [0, 0.05) is 32.7 Å². The van der Waals surface area contributed by atoms with Crippen LogP contribution in [0.1, 0.15) is 58.8 Å². The fourth-order valence-electron chi connectivity index (χ4n) is 5.59. The van der Waals surface area contributed by atoms with E-state index in [1.807, 2.05) is 4.90 Å². The second kappa shape index (κ2) is 9.78. The first-order valence-electron chi connectivity index (χ1n) is 11.7. The molecule has 3 rings (SSSR count). The van der Waals surface area contributed by atoms with Crippen LogP contribution in [-0.4, -0.2) is 85.9 Å². The third kappa shape index (κ3) is 5.94. The zero-order valence-corrected chi connectivity index (χ0v) is 19.1. The molecular formula is C23H42N4O2. The summed E-state index contributed by atoms with van der Waals surface area (Å²) in [5, 5.41) is 3.32. The topological polar surface area (TPSA) is 55.9 Å². The highest BCUT2D eigenvalue weighted by Crippen LogP contribution is 2.46. The number of carbonyl (C=O) groups excluding carboxylic acids is 2. The molecule has 0 aromatic rings. The molecule has 0 bridgehead atoms. The van der Waals surface area contributed by atoms with Gasteiger partial charge in [-0.1, -0.05) is 13.8 Å². The summed E-state index contributed by atoms with van der Waals surface area (Å²) < 4.78 is 0. The summed E-state index contributed by atoms with van der Waals surface area (Å²) in [7, 11) is 4.34. The SMILES string of the molecule is CC(C)CC1NCCN(CC(=O)N2CCC3(CCC(CN(C)C)CC3)CC2)C1=O. The molecule has 29 heavy (non-hydrogen) atoms. The van der Waals surface area contributed by atoms with Crippen LogP contribution in [0.25, 0.3) is 0 Å². The molecule has 1 aliphatic carbocycles. The number of nitrogens with one attached hydrogen (secondary N) is 1. The molecule has 0 radical (unpaired) electrons. The fourth-order valence-corrected chi connectivity index (χ4v) is 5.59. The van der Waals surface area contributed by atoms with Gasteiger partial charge in [-0.25, -0.2) is 0 Å². The number of piperidine rings is 1. The Hall–Kier alpha value is -1.14. The number of likely N-dealkylation sites (tertiary alicyclic amines) is 1. The lowest BCUT2D eigenvalue weighted by molar-refractivity contribution is -0.145. The second-order valence-corrected chi connectivity index (χ2v) is 10.5.